The molecule has 0 aromatic heterocycles. The Kier molecular flexibility index (Phi) is 6.18. The van der Waals surface area contributed by atoms with Crippen LogP contribution in [0.5, 0.6) is 0 Å². The minimum atomic E-state index is -0.122. The van der Waals surface area contributed by atoms with E-state index in [4.69, 9.17) is 5.11 Å². The topological polar surface area (TPSA) is 69.6 Å². The van der Waals surface area contributed by atoms with Gasteiger partial charge in [-0.05, 0) is 31.5 Å². The molecule has 0 atom stereocenters. The van der Waals surface area contributed by atoms with Crippen molar-refractivity contribution in [2.75, 3.05) is 18.5 Å². The van der Waals surface area contributed by atoms with Gasteiger partial charge in [0, 0.05) is 25.2 Å². The fourth-order valence-electron chi connectivity index (χ4n) is 1.96. The molecule has 1 aromatic carbocycles. The number of amides is 2. The summed E-state index contributed by atoms with van der Waals surface area (Å²) >= 11 is 0. The molecule has 0 aliphatic heterocycles. The molecule has 0 saturated heterocycles. The number of carbonyl (C=O) groups excluding carboxylic acids is 2. The van der Waals surface area contributed by atoms with Crippen molar-refractivity contribution >= 4 is 17.5 Å². The lowest BCUT2D eigenvalue weighted by molar-refractivity contribution is -0.132. The van der Waals surface area contributed by atoms with Gasteiger partial charge in [0.15, 0.2) is 0 Å². The molecule has 0 aliphatic carbocycles. The Labute approximate surface area is 119 Å². The Morgan fingerprint density at radius 2 is 1.85 bits per heavy atom. The van der Waals surface area contributed by atoms with Crippen molar-refractivity contribution in [3.05, 3.63) is 29.8 Å². The average Bonchev–Trinajstić information content (AvgIpc) is 2.37. The zero-order chi connectivity index (χ0) is 15.1. The van der Waals surface area contributed by atoms with Gasteiger partial charge < -0.3 is 15.3 Å². The van der Waals surface area contributed by atoms with Crippen LogP contribution in [0.15, 0.2) is 24.3 Å². The number of benzene rings is 1. The molecule has 0 unspecified atom stereocenters. The Balaban J connectivity index is 2.67. The summed E-state index contributed by atoms with van der Waals surface area (Å²) in [5.74, 6) is -0.135. The van der Waals surface area contributed by atoms with E-state index in [9.17, 15) is 9.59 Å². The van der Waals surface area contributed by atoms with Crippen molar-refractivity contribution in [1.82, 2.24) is 4.90 Å². The van der Waals surface area contributed by atoms with Crippen LogP contribution in [0, 0.1) is 0 Å². The Morgan fingerprint density at radius 3 is 2.30 bits per heavy atom. The molecule has 1 aromatic rings. The molecule has 0 fully saturated rings. The highest BCUT2D eigenvalue weighted by molar-refractivity contribution is 5.88. The lowest BCUT2D eigenvalue weighted by Gasteiger charge is -2.26. The predicted octanol–water partition coefficient (Wildman–Crippen LogP) is 1.42. The predicted molar refractivity (Wildman–Crippen MR) is 78.4 cm³/mol. The van der Waals surface area contributed by atoms with Crippen LogP contribution >= 0.6 is 0 Å². The largest absolute Gasteiger partial charge is 0.395 e. The van der Waals surface area contributed by atoms with Gasteiger partial charge in [-0.1, -0.05) is 12.1 Å². The van der Waals surface area contributed by atoms with Gasteiger partial charge in [-0.15, -0.1) is 0 Å². The highest BCUT2D eigenvalue weighted by Crippen LogP contribution is 2.11. The molecular formula is C15H22N2O3. The molecule has 0 bridgehead atoms. The summed E-state index contributed by atoms with van der Waals surface area (Å²) in [5.41, 5.74) is 1.59. The minimum Gasteiger partial charge on any atom is -0.395 e. The number of nitrogens with zero attached hydrogens (tertiary/aromatic N) is 1. The number of aliphatic hydroxyl groups excluding tert-OH is 1. The van der Waals surface area contributed by atoms with Gasteiger partial charge in [0.2, 0.25) is 11.8 Å². The van der Waals surface area contributed by atoms with Crippen LogP contribution in [-0.2, 0) is 16.0 Å². The number of hydrogen-bond donors (Lipinski definition) is 2. The molecule has 5 nitrogen and oxygen atoms in total. The Morgan fingerprint density at radius 1 is 1.25 bits per heavy atom. The van der Waals surface area contributed by atoms with Gasteiger partial charge in [-0.3, -0.25) is 9.59 Å². The molecule has 0 saturated carbocycles. The third kappa shape index (κ3) is 5.01. The van der Waals surface area contributed by atoms with Crippen LogP contribution in [-0.4, -0.2) is 41.0 Å². The van der Waals surface area contributed by atoms with Crippen molar-refractivity contribution in [3.8, 4) is 0 Å². The van der Waals surface area contributed by atoms with E-state index < -0.39 is 0 Å². The number of rotatable bonds is 6. The summed E-state index contributed by atoms with van der Waals surface area (Å²) in [6.45, 7) is 5.61. The number of anilines is 1. The lowest BCUT2D eigenvalue weighted by Crippen LogP contribution is -2.39. The number of nitrogens with one attached hydrogen (secondary N) is 1. The van der Waals surface area contributed by atoms with Crippen molar-refractivity contribution in [2.45, 2.75) is 33.2 Å². The molecular weight excluding hydrogens is 256 g/mol. The first-order chi connectivity index (χ1) is 9.43. The second-order valence-electron chi connectivity index (χ2n) is 4.96. The van der Waals surface area contributed by atoms with Gasteiger partial charge >= 0.3 is 0 Å². The fourth-order valence-corrected chi connectivity index (χ4v) is 1.96. The molecule has 20 heavy (non-hydrogen) atoms. The van der Waals surface area contributed by atoms with Crippen molar-refractivity contribution < 1.29 is 14.7 Å². The molecule has 0 aliphatic rings. The second-order valence-corrected chi connectivity index (χ2v) is 4.96. The molecule has 0 radical (unpaired) electrons. The fraction of sp³-hybridized carbons (Fsp3) is 0.467. The summed E-state index contributed by atoms with van der Waals surface area (Å²) in [5, 5.41) is 11.7. The van der Waals surface area contributed by atoms with Gasteiger partial charge in [-0.25, -0.2) is 0 Å². The first kappa shape index (κ1) is 16.2. The molecule has 0 spiro atoms. The van der Waals surface area contributed by atoms with Crippen LogP contribution in [0.4, 0.5) is 5.69 Å². The van der Waals surface area contributed by atoms with Crippen LogP contribution in [0.25, 0.3) is 0 Å². The van der Waals surface area contributed by atoms with Crippen molar-refractivity contribution in [1.29, 1.82) is 0 Å². The molecule has 110 valence electrons. The normalized spacial score (nSPS) is 10.4. The number of carbonyl (C=O) groups is 2. The summed E-state index contributed by atoms with van der Waals surface area (Å²) in [4.78, 5) is 24.7. The van der Waals surface area contributed by atoms with Gasteiger partial charge in [0.05, 0.1) is 13.0 Å². The maximum Gasteiger partial charge on any atom is 0.227 e. The number of hydrogen-bond acceptors (Lipinski definition) is 3. The van der Waals surface area contributed by atoms with Crippen LogP contribution in [0.1, 0.15) is 26.3 Å². The first-order valence-corrected chi connectivity index (χ1v) is 6.71. The summed E-state index contributed by atoms with van der Waals surface area (Å²) in [6.07, 6.45) is 0.290. The van der Waals surface area contributed by atoms with E-state index >= 15 is 0 Å². The minimum absolute atomic E-state index is 0.0127. The zero-order valence-corrected chi connectivity index (χ0v) is 12.2. The van der Waals surface area contributed by atoms with Gasteiger partial charge in [-0.2, -0.15) is 0 Å². The highest BCUT2D eigenvalue weighted by atomic mass is 16.3. The molecule has 0 heterocycles. The van der Waals surface area contributed by atoms with E-state index in [0.717, 1.165) is 5.56 Å². The highest BCUT2D eigenvalue weighted by Gasteiger charge is 2.16. The molecule has 2 amide bonds. The summed E-state index contributed by atoms with van der Waals surface area (Å²) in [7, 11) is 0. The maximum atomic E-state index is 12.2. The second kappa shape index (κ2) is 7.65. The SMILES string of the molecule is CC(=O)Nc1ccc(CC(=O)N(CCO)C(C)C)cc1. The van der Waals surface area contributed by atoms with E-state index in [-0.39, 0.29) is 24.5 Å². The van der Waals surface area contributed by atoms with Crippen LogP contribution in [0.3, 0.4) is 0 Å². The van der Waals surface area contributed by atoms with E-state index in [1.165, 1.54) is 6.92 Å². The molecule has 5 heteroatoms. The third-order valence-electron chi connectivity index (χ3n) is 2.91. The monoisotopic (exact) mass is 278 g/mol. The quantitative estimate of drug-likeness (QED) is 0.826. The van der Waals surface area contributed by atoms with Crippen molar-refractivity contribution in [2.24, 2.45) is 0 Å². The van der Waals surface area contributed by atoms with Crippen LogP contribution < -0.4 is 5.32 Å². The smallest absolute Gasteiger partial charge is 0.227 e. The molecule has 1 rings (SSSR count). The first-order valence-electron chi connectivity index (χ1n) is 6.71. The third-order valence-corrected chi connectivity index (χ3v) is 2.91. The van der Waals surface area contributed by atoms with E-state index in [0.29, 0.717) is 18.7 Å². The van der Waals surface area contributed by atoms with E-state index in [1.54, 1.807) is 17.0 Å². The van der Waals surface area contributed by atoms with Crippen LogP contribution in [0.2, 0.25) is 0 Å². The zero-order valence-electron chi connectivity index (χ0n) is 12.2. The standard InChI is InChI=1S/C15H22N2O3/c1-11(2)17(8-9-18)15(20)10-13-4-6-14(7-5-13)16-12(3)19/h4-7,11,18H,8-10H2,1-3H3,(H,16,19). The summed E-state index contributed by atoms with van der Waals surface area (Å²) in [6, 6.07) is 7.25. The maximum absolute atomic E-state index is 12.2. The van der Waals surface area contributed by atoms with E-state index in [1.807, 2.05) is 26.0 Å². The Bertz CT molecular complexity index is 455. The van der Waals surface area contributed by atoms with Gasteiger partial charge in [0.1, 0.15) is 0 Å². The lowest BCUT2D eigenvalue weighted by atomic mass is 10.1. The van der Waals surface area contributed by atoms with Crippen molar-refractivity contribution in [3.63, 3.8) is 0 Å². The average molecular weight is 278 g/mol. The molecule has 2 N–H and O–H groups in total. The Hall–Kier alpha value is -1.88. The summed E-state index contributed by atoms with van der Waals surface area (Å²) < 4.78 is 0. The van der Waals surface area contributed by atoms with Gasteiger partial charge in [0.25, 0.3) is 0 Å². The number of aliphatic hydroxyl groups is 1. The van der Waals surface area contributed by atoms with E-state index in [2.05, 4.69) is 5.32 Å².